The fourth-order valence-corrected chi connectivity index (χ4v) is 3.72. The monoisotopic (exact) mass is 282 g/mol. The predicted octanol–water partition coefficient (Wildman–Crippen LogP) is 4.14. The van der Waals surface area contributed by atoms with Crippen molar-refractivity contribution in [2.24, 2.45) is 23.7 Å². The lowest BCUT2D eigenvalue weighted by molar-refractivity contribution is -0.00443. The van der Waals surface area contributed by atoms with E-state index in [9.17, 15) is 13.6 Å². The van der Waals surface area contributed by atoms with Gasteiger partial charge in [0.05, 0.1) is 5.92 Å². The molecule has 0 spiro atoms. The summed E-state index contributed by atoms with van der Waals surface area (Å²) in [5.41, 5.74) is 0.486. The summed E-state index contributed by atoms with van der Waals surface area (Å²) in [5, 5.41) is -3.33. The summed E-state index contributed by atoms with van der Waals surface area (Å²) in [6, 6.07) is 8.61. The lowest BCUT2D eigenvalue weighted by Crippen LogP contribution is -2.37. The molecule has 0 heterocycles. The van der Waals surface area contributed by atoms with Gasteiger partial charge >= 0.3 is 5.38 Å². The first-order valence-electron chi connectivity index (χ1n) is 6.33. The van der Waals surface area contributed by atoms with Crippen molar-refractivity contribution in [2.45, 2.75) is 11.8 Å². The molecule has 1 nitrogen and oxygen atoms in total. The number of carbonyl (C=O) groups excluding carboxylic acids is 1. The molecule has 1 aromatic carbocycles. The van der Waals surface area contributed by atoms with Gasteiger partial charge in [0.25, 0.3) is 0 Å². The zero-order chi connectivity index (χ0) is 13.6. The molecule has 0 amide bonds. The van der Waals surface area contributed by atoms with Crippen molar-refractivity contribution in [2.75, 3.05) is 0 Å². The van der Waals surface area contributed by atoms with Crippen LogP contribution in [0.25, 0.3) is 0 Å². The molecule has 0 saturated heterocycles. The van der Waals surface area contributed by atoms with E-state index in [2.05, 4.69) is 0 Å². The minimum absolute atomic E-state index is 0.104. The van der Waals surface area contributed by atoms with E-state index in [0.717, 1.165) is 0 Å². The molecule has 1 saturated carbocycles. The Bertz CT molecular complexity index is 521. The molecule has 1 fully saturated rings. The van der Waals surface area contributed by atoms with Crippen LogP contribution in [-0.2, 0) is 0 Å². The fraction of sp³-hybridized carbons (Fsp3) is 0.400. The van der Waals surface area contributed by atoms with Crippen LogP contribution in [0.5, 0.6) is 0 Å². The number of allylic oxidation sites excluding steroid dienone is 2. The van der Waals surface area contributed by atoms with Crippen LogP contribution in [0, 0.1) is 23.7 Å². The zero-order valence-corrected chi connectivity index (χ0v) is 10.9. The molecule has 100 valence electrons. The number of halogens is 3. The average molecular weight is 283 g/mol. The summed E-state index contributed by atoms with van der Waals surface area (Å²) in [4.78, 5) is 12.5. The van der Waals surface area contributed by atoms with Crippen molar-refractivity contribution in [3.63, 3.8) is 0 Å². The van der Waals surface area contributed by atoms with Gasteiger partial charge in [-0.15, -0.1) is 0 Å². The molecular formula is C15H13ClF2O. The van der Waals surface area contributed by atoms with Crippen molar-refractivity contribution in [3.8, 4) is 0 Å². The number of ketones is 1. The average Bonchev–Trinajstić information content (AvgIpc) is 2.98. The van der Waals surface area contributed by atoms with Gasteiger partial charge in [0, 0.05) is 11.5 Å². The lowest BCUT2D eigenvalue weighted by Gasteiger charge is -2.30. The van der Waals surface area contributed by atoms with Gasteiger partial charge in [0.15, 0.2) is 5.78 Å². The third-order valence-electron chi connectivity index (χ3n) is 4.20. The Hall–Kier alpha value is -1.22. The maximum atomic E-state index is 13.6. The number of Topliss-reactive ketones (excluding diaryl/α,β-unsaturated/α-hetero) is 1. The lowest BCUT2D eigenvalue weighted by atomic mass is 9.78. The smallest absolute Gasteiger partial charge is 0.294 e. The molecule has 4 atom stereocenters. The molecule has 2 aliphatic carbocycles. The van der Waals surface area contributed by atoms with Gasteiger partial charge < -0.3 is 0 Å². The largest absolute Gasteiger partial charge is 0.325 e. The Morgan fingerprint density at radius 1 is 1.16 bits per heavy atom. The Kier molecular flexibility index (Phi) is 2.97. The van der Waals surface area contributed by atoms with Crippen LogP contribution >= 0.6 is 11.6 Å². The molecule has 1 aromatic rings. The van der Waals surface area contributed by atoms with Crippen molar-refractivity contribution in [1.29, 1.82) is 0 Å². The molecule has 3 rings (SSSR count). The number of fused-ring (bicyclic) bond motifs is 2. The maximum Gasteiger partial charge on any atom is 0.325 e. The van der Waals surface area contributed by atoms with E-state index < -0.39 is 17.2 Å². The second kappa shape index (κ2) is 4.41. The predicted molar refractivity (Wildman–Crippen MR) is 69.3 cm³/mol. The Morgan fingerprint density at radius 2 is 1.79 bits per heavy atom. The van der Waals surface area contributed by atoms with Gasteiger partial charge in [-0.05, 0) is 29.9 Å². The molecular weight excluding hydrogens is 270 g/mol. The van der Waals surface area contributed by atoms with Gasteiger partial charge in [0.1, 0.15) is 0 Å². The third kappa shape index (κ3) is 2.10. The Balaban J connectivity index is 1.95. The van der Waals surface area contributed by atoms with Crippen LogP contribution in [0.2, 0.25) is 0 Å². The van der Waals surface area contributed by atoms with Gasteiger partial charge in [-0.3, -0.25) is 4.79 Å². The molecule has 0 unspecified atom stereocenters. The van der Waals surface area contributed by atoms with E-state index in [1.807, 2.05) is 6.08 Å². The number of alkyl halides is 3. The number of benzene rings is 1. The van der Waals surface area contributed by atoms with Gasteiger partial charge in [0.2, 0.25) is 0 Å². The molecule has 2 bridgehead atoms. The summed E-state index contributed by atoms with van der Waals surface area (Å²) in [7, 11) is 0. The van der Waals surface area contributed by atoms with Crippen molar-refractivity contribution >= 4 is 17.4 Å². The van der Waals surface area contributed by atoms with Gasteiger partial charge in [-0.1, -0.05) is 42.5 Å². The minimum atomic E-state index is -3.33. The van der Waals surface area contributed by atoms with E-state index >= 15 is 0 Å². The third-order valence-corrected chi connectivity index (χ3v) is 4.45. The number of hydrogen-bond acceptors (Lipinski definition) is 1. The summed E-state index contributed by atoms with van der Waals surface area (Å²) < 4.78 is 27.2. The Morgan fingerprint density at radius 3 is 2.42 bits per heavy atom. The maximum absolute atomic E-state index is 13.6. The second-order valence-corrected chi connectivity index (χ2v) is 5.78. The molecule has 19 heavy (non-hydrogen) atoms. The first-order chi connectivity index (χ1) is 8.98. The topological polar surface area (TPSA) is 17.1 Å². The standard InChI is InChI=1S/C15H13ClF2O/c16-15(17,18)13-11-7-6-10(8-11)12(13)14(19)9-4-2-1-3-5-9/h1-7,10-13H,8H2/t10-,11+,12+,13+/m0/s1. The van der Waals surface area contributed by atoms with Crippen LogP contribution in [0.1, 0.15) is 16.8 Å². The summed E-state index contributed by atoms with van der Waals surface area (Å²) in [6.45, 7) is 0. The van der Waals surface area contributed by atoms with E-state index in [4.69, 9.17) is 11.6 Å². The SMILES string of the molecule is O=C(c1ccccc1)[C@H]1[C@H](C(F)(F)Cl)[C@@H]2C=C[C@H]1C2. The van der Waals surface area contributed by atoms with E-state index in [1.54, 1.807) is 36.4 Å². The van der Waals surface area contributed by atoms with Crippen LogP contribution in [0.15, 0.2) is 42.5 Å². The molecule has 0 aliphatic heterocycles. The van der Waals surface area contributed by atoms with Crippen LogP contribution < -0.4 is 0 Å². The van der Waals surface area contributed by atoms with Crippen molar-refractivity contribution in [3.05, 3.63) is 48.0 Å². The van der Waals surface area contributed by atoms with Gasteiger partial charge in [-0.2, -0.15) is 8.78 Å². The molecule has 0 radical (unpaired) electrons. The minimum Gasteiger partial charge on any atom is -0.294 e. The highest BCUT2D eigenvalue weighted by Crippen LogP contribution is 2.55. The normalized spacial score (nSPS) is 32.8. The molecule has 0 aromatic heterocycles. The van der Waals surface area contributed by atoms with E-state index in [-0.39, 0.29) is 17.6 Å². The van der Waals surface area contributed by atoms with E-state index in [0.29, 0.717) is 12.0 Å². The van der Waals surface area contributed by atoms with Crippen molar-refractivity contribution < 1.29 is 13.6 Å². The first kappa shape index (κ1) is 12.8. The van der Waals surface area contributed by atoms with E-state index in [1.165, 1.54) is 0 Å². The molecule has 2 aliphatic rings. The van der Waals surface area contributed by atoms with Crippen LogP contribution in [-0.4, -0.2) is 11.2 Å². The molecule has 4 heteroatoms. The Labute approximate surface area is 115 Å². The first-order valence-corrected chi connectivity index (χ1v) is 6.70. The highest BCUT2D eigenvalue weighted by Gasteiger charge is 2.57. The quantitative estimate of drug-likeness (QED) is 0.463. The van der Waals surface area contributed by atoms with Crippen LogP contribution in [0.4, 0.5) is 8.78 Å². The van der Waals surface area contributed by atoms with Crippen molar-refractivity contribution in [1.82, 2.24) is 0 Å². The highest BCUT2D eigenvalue weighted by molar-refractivity contribution is 6.22. The fourth-order valence-electron chi connectivity index (χ4n) is 3.42. The van der Waals surface area contributed by atoms with Crippen LogP contribution in [0.3, 0.4) is 0 Å². The highest BCUT2D eigenvalue weighted by atomic mass is 35.5. The van der Waals surface area contributed by atoms with Gasteiger partial charge in [-0.25, -0.2) is 0 Å². The zero-order valence-electron chi connectivity index (χ0n) is 10.1. The number of hydrogen-bond donors (Lipinski definition) is 0. The summed E-state index contributed by atoms with van der Waals surface area (Å²) in [5.74, 6) is -2.40. The summed E-state index contributed by atoms with van der Waals surface area (Å²) >= 11 is 5.24. The summed E-state index contributed by atoms with van der Waals surface area (Å²) in [6.07, 6.45) is 4.27. The number of carbonyl (C=O) groups is 1. The number of rotatable bonds is 3. The second-order valence-electron chi connectivity index (χ2n) is 5.27. The molecule has 0 N–H and O–H groups in total.